The summed E-state index contributed by atoms with van der Waals surface area (Å²) in [4.78, 5) is 0. The number of anilines is 1. The van der Waals surface area contributed by atoms with Crippen LogP contribution in [0.2, 0.25) is 0 Å². The van der Waals surface area contributed by atoms with Gasteiger partial charge in [0.05, 0.1) is 5.69 Å². The van der Waals surface area contributed by atoms with Gasteiger partial charge in [0.1, 0.15) is 0 Å². The fraction of sp³-hybridized carbons (Fsp3) is 0.357. The predicted octanol–water partition coefficient (Wildman–Crippen LogP) is 3.26. The van der Waals surface area contributed by atoms with Crippen LogP contribution in [-0.2, 0) is 5.41 Å². The summed E-state index contributed by atoms with van der Waals surface area (Å²) in [6, 6.07) is 8.33. The highest BCUT2D eigenvalue weighted by atomic mass is 15.2. The number of nitrogen functional groups attached to an aromatic ring is 1. The summed E-state index contributed by atoms with van der Waals surface area (Å²) in [7, 11) is 0. The molecule has 2 aromatic rings. The Bertz CT molecular complexity index is 533. The molecule has 1 aromatic carbocycles. The van der Waals surface area contributed by atoms with Crippen LogP contribution >= 0.6 is 0 Å². The summed E-state index contributed by atoms with van der Waals surface area (Å²) in [6.07, 6.45) is 0. The SMILES string of the molecule is Cc1cccc(-c2c(N)n[nH]c2C(C)(C)C)c1. The van der Waals surface area contributed by atoms with Crippen molar-refractivity contribution in [1.29, 1.82) is 0 Å². The lowest BCUT2D eigenvalue weighted by molar-refractivity contribution is 0.568. The molecule has 0 spiro atoms. The number of nitrogens with two attached hydrogens (primary N) is 1. The molecule has 0 saturated heterocycles. The maximum atomic E-state index is 5.98. The van der Waals surface area contributed by atoms with Crippen molar-refractivity contribution in [3.05, 3.63) is 35.5 Å². The topological polar surface area (TPSA) is 54.7 Å². The first kappa shape index (κ1) is 11.7. The number of aromatic amines is 1. The van der Waals surface area contributed by atoms with E-state index in [0.717, 1.165) is 16.8 Å². The van der Waals surface area contributed by atoms with Crippen molar-refractivity contribution in [2.24, 2.45) is 0 Å². The normalized spacial score (nSPS) is 11.8. The summed E-state index contributed by atoms with van der Waals surface area (Å²) in [5, 5.41) is 7.20. The first-order valence-corrected chi connectivity index (χ1v) is 5.81. The molecule has 0 fully saturated rings. The molecule has 0 aliphatic rings. The molecule has 0 aliphatic heterocycles. The van der Waals surface area contributed by atoms with E-state index in [4.69, 9.17) is 5.73 Å². The molecular formula is C14H19N3. The molecular weight excluding hydrogens is 210 g/mol. The fourth-order valence-corrected chi connectivity index (χ4v) is 1.99. The van der Waals surface area contributed by atoms with E-state index in [0.29, 0.717) is 5.82 Å². The lowest BCUT2D eigenvalue weighted by atomic mass is 9.87. The van der Waals surface area contributed by atoms with Crippen molar-refractivity contribution in [2.75, 3.05) is 5.73 Å². The Morgan fingerprint density at radius 1 is 1.24 bits per heavy atom. The molecule has 0 atom stereocenters. The Hall–Kier alpha value is -1.77. The molecule has 1 aromatic heterocycles. The number of H-pyrrole nitrogens is 1. The molecule has 1 heterocycles. The molecule has 0 unspecified atom stereocenters. The average molecular weight is 229 g/mol. The van der Waals surface area contributed by atoms with E-state index in [1.165, 1.54) is 5.56 Å². The lowest BCUT2D eigenvalue weighted by Crippen LogP contribution is -2.13. The van der Waals surface area contributed by atoms with Gasteiger partial charge in [0.25, 0.3) is 0 Å². The second-order valence-electron chi connectivity index (χ2n) is 5.48. The standard InChI is InChI=1S/C14H19N3/c1-9-6-5-7-10(8-9)11-12(14(2,3)4)16-17-13(11)15/h5-8H,1-4H3,(H3,15,16,17). The van der Waals surface area contributed by atoms with Crippen molar-refractivity contribution < 1.29 is 0 Å². The van der Waals surface area contributed by atoms with Crippen LogP contribution in [0.15, 0.2) is 24.3 Å². The van der Waals surface area contributed by atoms with E-state index in [1.807, 2.05) is 6.07 Å². The largest absolute Gasteiger partial charge is 0.382 e. The lowest BCUT2D eigenvalue weighted by Gasteiger charge is -2.18. The molecule has 3 heteroatoms. The van der Waals surface area contributed by atoms with Gasteiger partial charge in [-0.05, 0) is 12.5 Å². The molecule has 3 N–H and O–H groups in total. The maximum Gasteiger partial charge on any atom is 0.153 e. The number of rotatable bonds is 1. The summed E-state index contributed by atoms with van der Waals surface area (Å²) in [6.45, 7) is 8.54. The van der Waals surface area contributed by atoms with Gasteiger partial charge in [0, 0.05) is 11.0 Å². The van der Waals surface area contributed by atoms with Crippen LogP contribution in [0, 0.1) is 6.92 Å². The van der Waals surface area contributed by atoms with E-state index in [1.54, 1.807) is 0 Å². The number of hydrogen-bond acceptors (Lipinski definition) is 2. The first-order valence-electron chi connectivity index (χ1n) is 5.81. The fourth-order valence-electron chi connectivity index (χ4n) is 1.99. The van der Waals surface area contributed by atoms with Gasteiger partial charge in [0.15, 0.2) is 5.82 Å². The number of aryl methyl sites for hydroxylation is 1. The van der Waals surface area contributed by atoms with Gasteiger partial charge in [0.2, 0.25) is 0 Å². The molecule has 0 aliphatic carbocycles. The Balaban J connectivity index is 2.63. The van der Waals surface area contributed by atoms with Gasteiger partial charge in [-0.25, -0.2) is 0 Å². The van der Waals surface area contributed by atoms with Gasteiger partial charge in [-0.15, -0.1) is 0 Å². The van der Waals surface area contributed by atoms with E-state index >= 15 is 0 Å². The van der Waals surface area contributed by atoms with Gasteiger partial charge >= 0.3 is 0 Å². The van der Waals surface area contributed by atoms with Crippen LogP contribution in [0.5, 0.6) is 0 Å². The van der Waals surface area contributed by atoms with E-state index < -0.39 is 0 Å². The summed E-state index contributed by atoms with van der Waals surface area (Å²) in [5.41, 5.74) is 10.4. The van der Waals surface area contributed by atoms with Crippen molar-refractivity contribution in [3.8, 4) is 11.1 Å². The van der Waals surface area contributed by atoms with Crippen LogP contribution in [0.4, 0.5) is 5.82 Å². The molecule has 3 nitrogen and oxygen atoms in total. The second kappa shape index (κ2) is 3.91. The van der Waals surface area contributed by atoms with E-state index in [-0.39, 0.29) is 5.41 Å². The zero-order valence-corrected chi connectivity index (χ0v) is 10.8. The summed E-state index contributed by atoms with van der Waals surface area (Å²) >= 11 is 0. The van der Waals surface area contributed by atoms with Gasteiger partial charge in [-0.2, -0.15) is 5.10 Å². The summed E-state index contributed by atoms with van der Waals surface area (Å²) in [5.74, 6) is 0.570. The van der Waals surface area contributed by atoms with Crippen LogP contribution in [0.3, 0.4) is 0 Å². The number of nitrogens with zero attached hydrogens (tertiary/aromatic N) is 1. The Morgan fingerprint density at radius 3 is 2.53 bits per heavy atom. The van der Waals surface area contributed by atoms with Crippen LogP contribution < -0.4 is 5.73 Å². The third-order valence-corrected chi connectivity index (χ3v) is 2.85. The molecule has 2 rings (SSSR count). The average Bonchev–Trinajstić information content (AvgIpc) is 2.59. The zero-order valence-electron chi connectivity index (χ0n) is 10.8. The van der Waals surface area contributed by atoms with Gasteiger partial charge < -0.3 is 5.73 Å². The van der Waals surface area contributed by atoms with Crippen LogP contribution in [-0.4, -0.2) is 10.2 Å². The summed E-state index contributed by atoms with van der Waals surface area (Å²) < 4.78 is 0. The van der Waals surface area contributed by atoms with E-state index in [9.17, 15) is 0 Å². The van der Waals surface area contributed by atoms with Crippen molar-refractivity contribution >= 4 is 5.82 Å². The number of aromatic nitrogens is 2. The molecule has 0 radical (unpaired) electrons. The highest BCUT2D eigenvalue weighted by Gasteiger charge is 2.23. The highest BCUT2D eigenvalue weighted by molar-refractivity contribution is 5.77. The Labute approximate surface area is 102 Å². The van der Waals surface area contributed by atoms with Crippen molar-refractivity contribution in [1.82, 2.24) is 10.2 Å². The molecule has 0 amide bonds. The Kier molecular flexibility index (Phi) is 2.69. The van der Waals surface area contributed by atoms with Crippen LogP contribution in [0.1, 0.15) is 32.0 Å². The monoisotopic (exact) mass is 229 g/mol. The predicted molar refractivity (Wildman–Crippen MR) is 71.9 cm³/mol. The van der Waals surface area contributed by atoms with Gasteiger partial charge in [-0.1, -0.05) is 50.6 Å². The smallest absolute Gasteiger partial charge is 0.153 e. The minimum Gasteiger partial charge on any atom is -0.382 e. The first-order chi connectivity index (χ1) is 7.89. The second-order valence-corrected chi connectivity index (χ2v) is 5.48. The molecule has 17 heavy (non-hydrogen) atoms. The highest BCUT2D eigenvalue weighted by Crippen LogP contribution is 2.35. The number of hydrogen-bond donors (Lipinski definition) is 2. The van der Waals surface area contributed by atoms with E-state index in [2.05, 4.69) is 56.1 Å². The number of benzene rings is 1. The third kappa shape index (κ3) is 2.18. The third-order valence-electron chi connectivity index (χ3n) is 2.85. The minimum absolute atomic E-state index is 0.00367. The minimum atomic E-state index is 0.00367. The molecule has 90 valence electrons. The van der Waals surface area contributed by atoms with Crippen molar-refractivity contribution in [2.45, 2.75) is 33.1 Å². The maximum absolute atomic E-state index is 5.98. The number of nitrogens with one attached hydrogen (secondary N) is 1. The van der Waals surface area contributed by atoms with Crippen LogP contribution in [0.25, 0.3) is 11.1 Å². The molecule has 0 saturated carbocycles. The van der Waals surface area contributed by atoms with Gasteiger partial charge in [-0.3, -0.25) is 5.10 Å². The Morgan fingerprint density at radius 2 is 1.94 bits per heavy atom. The van der Waals surface area contributed by atoms with Crippen molar-refractivity contribution in [3.63, 3.8) is 0 Å². The molecule has 0 bridgehead atoms. The zero-order chi connectivity index (χ0) is 12.6. The quantitative estimate of drug-likeness (QED) is 0.788.